The first kappa shape index (κ1) is 14.1. The van der Waals surface area contributed by atoms with E-state index in [1.807, 2.05) is 35.2 Å². The third-order valence-electron chi connectivity index (χ3n) is 4.24. The van der Waals surface area contributed by atoms with Crippen molar-refractivity contribution in [2.75, 3.05) is 13.1 Å². The average molecular weight is 260 g/mol. The van der Waals surface area contributed by atoms with Crippen molar-refractivity contribution in [1.29, 1.82) is 0 Å². The molecule has 0 spiro atoms. The lowest BCUT2D eigenvalue weighted by atomic mass is 9.90. The molecule has 1 saturated heterocycles. The van der Waals surface area contributed by atoms with Crippen LogP contribution in [0.5, 0.6) is 0 Å². The van der Waals surface area contributed by atoms with E-state index >= 15 is 0 Å². The highest BCUT2D eigenvalue weighted by Crippen LogP contribution is 2.25. The van der Waals surface area contributed by atoms with Gasteiger partial charge in [0.25, 0.3) is 0 Å². The molecule has 0 saturated carbocycles. The molecule has 3 heteroatoms. The van der Waals surface area contributed by atoms with Crippen LogP contribution in [0.2, 0.25) is 0 Å². The van der Waals surface area contributed by atoms with Crippen molar-refractivity contribution in [3.05, 3.63) is 35.9 Å². The van der Waals surface area contributed by atoms with Crippen LogP contribution in [0.1, 0.15) is 38.2 Å². The van der Waals surface area contributed by atoms with E-state index in [0.717, 1.165) is 24.9 Å². The van der Waals surface area contributed by atoms with Gasteiger partial charge in [-0.1, -0.05) is 44.2 Å². The molecule has 0 bridgehead atoms. The Bertz CT molecular complexity index is 418. The predicted octanol–water partition coefficient (Wildman–Crippen LogP) is 2.38. The Morgan fingerprint density at radius 2 is 2.11 bits per heavy atom. The molecule has 3 unspecified atom stereocenters. The standard InChI is InChI=1S/C16H24N2O/c1-3-14(13-7-5-4-6-8-13)16(19)18-10-9-12(2)15(17)11-18/h4-8,12,14-15H,3,9-11,17H2,1-2H3. The zero-order chi connectivity index (χ0) is 13.8. The van der Waals surface area contributed by atoms with Crippen molar-refractivity contribution in [3.63, 3.8) is 0 Å². The second-order valence-corrected chi connectivity index (χ2v) is 5.59. The van der Waals surface area contributed by atoms with E-state index in [2.05, 4.69) is 13.8 Å². The number of benzene rings is 1. The lowest BCUT2D eigenvalue weighted by Crippen LogP contribution is -2.50. The predicted molar refractivity (Wildman–Crippen MR) is 77.8 cm³/mol. The minimum Gasteiger partial charge on any atom is -0.341 e. The van der Waals surface area contributed by atoms with Crippen LogP contribution >= 0.6 is 0 Å². The van der Waals surface area contributed by atoms with E-state index < -0.39 is 0 Å². The number of piperidine rings is 1. The van der Waals surface area contributed by atoms with Gasteiger partial charge in [-0.2, -0.15) is 0 Å². The van der Waals surface area contributed by atoms with E-state index in [0.29, 0.717) is 12.5 Å². The summed E-state index contributed by atoms with van der Waals surface area (Å²) in [4.78, 5) is 14.6. The summed E-state index contributed by atoms with van der Waals surface area (Å²) < 4.78 is 0. The van der Waals surface area contributed by atoms with Gasteiger partial charge in [-0.3, -0.25) is 4.79 Å². The number of amides is 1. The maximum Gasteiger partial charge on any atom is 0.230 e. The molecule has 2 N–H and O–H groups in total. The summed E-state index contributed by atoms with van der Waals surface area (Å²) in [6.07, 6.45) is 1.85. The fraction of sp³-hybridized carbons (Fsp3) is 0.562. The minimum atomic E-state index is -0.0261. The molecule has 1 amide bonds. The lowest BCUT2D eigenvalue weighted by Gasteiger charge is -2.37. The average Bonchev–Trinajstić information content (AvgIpc) is 2.44. The Hall–Kier alpha value is -1.35. The first-order valence-corrected chi connectivity index (χ1v) is 7.22. The molecule has 3 nitrogen and oxygen atoms in total. The summed E-state index contributed by atoms with van der Waals surface area (Å²) >= 11 is 0. The zero-order valence-corrected chi connectivity index (χ0v) is 11.9. The van der Waals surface area contributed by atoms with Gasteiger partial charge in [0.05, 0.1) is 5.92 Å². The highest BCUT2D eigenvalue weighted by Gasteiger charge is 2.30. The number of hydrogen-bond acceptors (Lipinski definition) is 2. The highest BCUT2D eigenvalue weighted by atomic mass is 16.2. The molecule has 1 fully saturated rings. The van der Waals surface area contributed by atoms with Gasteiger partial charge < -0.3 is 10.6 Å². The van der Waals surface area contributed by atoms with Gasteiger partial charge in [0.2, 0.25) is 5.91 Å². The summed E-state index contributed by atoms with van der Waals surface area (Å²) in [5.74, 6) is 0.721. The normalized spacial score (nSPS) is 25.1. The Morgan fingerprint density at radius 1 is 1.42 bits per heavy atom. The van der Waals surface area contributed by atoms with Gasteiger partial charge in [0.15, 0.2) is 0 Å². The van der Waals surface area contributed by atoms with Crippen LogP contribution in [0.3, 0.4) is 0 Å². The fourth-order valence-electron chi connectivity index (χ4n) is 2.76. The van der Waals surface area contributed by atoms with E-state index in [1.165, 1.54) is 0 Å². The second-order valence-electron chi connectivity index (χ2n) is 5.59. The van der Waals surface area contributed by atoms with Gasteiger partial charge >= 0.3 is 0 Å². The van der Waals surface area contributed by atoms with Crippen LogP contribution < -0.4 is 5.73 Å². The molecule has 3 atom stereocenters. The highest BCUT2D eigenvalue weighted by molar-refractivity contribution is 5.83. The summed E-state index contributed by atoms with van der Waals surface area (Å²) in [6.45, 7) is 5.78. The molecular formula is C16H24N2O. The number of nitrogens with zero attached hydrogens (tertiary/aromatic N) is 1. The van der Waals surface area contributed by atoms with Gasteiger partial charge in [-0.05, 0) is 24.3 Å². The summed E-state index contributed by atoms with van der Waals surface area (Å²) in [5.41, 5.74) is 7.21. The first-order valence-electron chi connectivity index (χ1n) is 7.22. The number of carbonyl (C=O) groups is 1. The smallest absolute Gasteiger partial charge is 0.230 e. The van der Waals surface area contributed by atoms with Crippen LogP contribution in [-0.4, -0.2) is 29.9 Å². The van der Waals surface area contributed by atoms with Crippen molar-refractivity contribution in [2.24, 2.45) is 11.7 Å². The van der Waals surface area contributed by atoms with Crippen molar-refractivity contribution in [2.45, 2.75) is 38.6 Å². The molecule has 0 aromatic heterocycles. The molecule has 2 rings (SSSR count). The van der Waals surface area contributed by atoms with Crippen LogP contribution in [0, 0.1) is 5.92 Å². The summed E-state index contributed by atoms with van der Waals surface area (Å²) in [5, 5.41) is 0. The minimum absolute atomic E-state index is 0.0261. The molecule has 1 aliphatic heterocycles. The van der Waals surface area contributed by atoms with E-state index in [9.17, 15) is 4.79 Å². The second kappa shape index (κ2) is 6.20. The molecule has 1 aromatic carbocycles. The van der Waals surface area contributed by atoms with Gasteiger partial charge in [-0.15, -0.1) is 0 Å². The van der Waals surface area contributed by atoms with Crippen LogP contribution in [-0.2, 0) is 4.79 Å². The molecule has 0 radical (unpaired) electrons. The number of likely N-dealkylation sites (tertiary alicyclic amines) is 1. The third-order valence-corrected chi connectivity index (χ3v) is 4.24. The van der Waals surface area contributed by atoms with Gasteiger partial charge in [0.1, 0.15) is 0 Å². The maximum absolute atomic E-state index is 12.7. The van der Waals surface area contributed by atoms with Crippen molar-refractivity contribution < 1.29 is 4.79 Å². The van der Waals surface area contributed by atoms with Crippen LogP contribution in [0.4, 0.5) is 0 Å². The van der Waals surface area contributed by atoms with Crippen molar-refractivity contribution in [3.8, 4) is 0 Å². The summed E-state index contributed by atoms with van der Waals surface area (Å²) in [7, 11) is 0. The molecular weight excluding hydrogens is 236 g/mol. The Kier molecular flexibility index (Phi) is 4.59. The van der Waals surface area contributed by atoms with Crippen LogP contribution in [0.15, 0.2) is 30.3 Å². The van der Waals surface area contributed by atoms with E-state index in [-0.39, 0.29) is 17.9 Å². The lowest BCUT2D eigenvalue weighted by molar-refractivity contribution is -0.134. The quantitative estimate of drug-likeness (QED) is 0.907. The van der Waals surface area contributed by atoms with Gasteiger partial charge in [0, 0.05) is 19.1 Å². The molecule has 0 aliphatic carbocycles. The third kappa shape index (κ3) is 3.16. The fourth-order valence-corrected chi connectivity index (χ4v) is 2.76. The maximum atomic E-state index is 12.7. The molecule has 1 heterocycles. The first-order chi connectivity index (χ1) is 9.13. The van der Waals surface area contributed by atoms with Crippen molar-refractivity contribution in [1.82, 2.24) is 4.90 Å². The zero-order valence-electron chi connectivity index (χ0n) is 11.9. The largest absolute Gasteiger partial charge is 0.341 e. The number of rotatable bonds is 3. The van der Waals surface area contributed by atoms with E-state index in [4.69, 9.17) is 5.73 Å². The molecule has 19 heavy (non-hydrogen) atoms. The molecule has 1 aliphatic rings. The van der Waals surface area contributed by atoms with E-state index in [1.54, 1.807) is 0 Å². The SMILES string of the molecule is CCC(C(=O)N1CCC(C)C(N)C1)c1ccccc1. The number of hydrogen-bond donors (Lipinski definition) is 1. The molecule has 104 valence electrons. The monoisotopic (exact) mass is 260 g/mol. The van der Waals surface area contributed by atoms with Gasteiger partial charge in [-0.25, -0.2) is 0 Å². The Balaban J connectivity index is 2.09. The topological polar surface area (TPSA) is 46.3 Å². The molecule has 1 aromatic rings. The Morgan fingerprint density at radius 3 is 2.68 bits per heavy atom. The number of nitrogens with two attached hydrogens (primary N) is 1. The number of carbonyl (C=O) groups excluding carboxylic acids is 1. The summed E-state index contributed by atoms with van der Waals surface area (Å²) in [6, 6.07) is 10.2. The van der Waals surface area contributed by atoms with Crippen molar-refractivity contribution >= 4 is 5.91 Å². The Labute approximate surface area is 115 Å². The van der Waals surface area contributed by atoms with Crippen LogP contribution in [0.25, 0.3) is 0 Å².